The largest absolute Gasteiger partial charge is 0.337 e. The summed E-state index contributed by atoms with van der Waals surface area (Å²) in [5, 5.41) is 10.5. The fourth-order valence-electron chi connectivity index (χ4n) is 1.86. The van der Waals surface area contributed by atoms with E-state index in [1.165, 1.54) is 11.5 Å². The van der Waals surface area contributed by atoms with Crippen molar-refractivity contribution in [2.45, 2.75) is 18.2 Å². The quantitative estimate of drug-likeness (QED) is 0.887. The fraction of sp³-hybridized carbons (Fsp3) is 0.667. The van der Waals surface area contributed by atoms with Crippen LogP contribution in [0.2, 0.25) is 0 Å². The lowest BCUT2D eigenvalue weighted by molar-refractivity contribution is 0.238. The van der Waals surface area contributed by atoms with E-state index in [0.717, 1.165) is 17.9 Å². The van der Waals surface area contributed by atoms with E-state index in [0.29, 0.717) is 5.25 Å². The minimum atomic E-state index is -0.104. The molecule has 2 amide bonds. The first-order valence-corrected chi connectivity index (χ1v) is 8.58. The molecule has 1 aliphatic heterocycles. The number of rotatable bonds is 4. The molecule has 2 heterocycles. The molecule has 1 aromatic rings. The average Bonchev–Trinajstić information content (AvgIpc) is 2.84. The second kappa shape index (κ2) is 7.09. The Morgan fingerprint density at radius 3 is 3.11 bits per heavy atom. The molecule has 1 saturated heterocycles. The zero-order chi connectivity index (χ0) is 13.7. The van der Waals surface area contributed by atoms with E-state index in [1.807, 2.05) is 43.7 Å². The molecule has 0 bridgehead atoms. The number of thioether (sulfide) groups is 2. The van der Waals surface area contributed by atoms with Gasteiger partial charge in [-0.3, -0.25) is 4.68 Å². The van der Waals surface area contributed by atoms with Crippen molar-refractivity contribution in [1.29, 1.82) is 0 Å². The van der Waals surface area contributed by atoms with Gasteiger partial charge in [-0.25, -0.2) is 4.79 Å². The van der Waals surface area contributed by atoms with Crippen molar-refractivity contribution < 1.29 is 4.79 Å². The molecule has 0 unspecified atom stereocenters. The Kier molecular flexibility index (Phi) is 5.45. The van der Waals surface area contributed by atoms with E-state index in [9.17, 15) is 4.79 Å². The molecule has 0 saturated carbocycles. The Balaban J connectivity index is 1.71. The van der Waals surface area contributed by atoms with Gasteiger partial charge in [-0.15, -0.1) is 0 Å². The molecule has 0 aliphatic carbocycles. The number of urea groups is 1. The minimum Gasteiger partial charge on any atom is -0.337 e. The van der Waals surface area contributed by atoms with Gasteiger partial charge in [0.2, 0.25) is 0 Å². The van der Waals surface area contributed by atoms with E-state index in [1.54, 1.807) is 10.9 Å². The number of carbonyl (C=O) groups is 1. The predicted molar refractivity (Wildman–Crippen MR) is 81.7 cm³/mol. The lowest BCUT2D eigenvalue weighted by atomic mass is 10.2. The zero-order valence-corrected chi connectivity index (χ0v) is 12.9. The van der Waals surface area contributed by atoms with E-state index in [4.69, 9.17) is 0 Å². The summed E-state index contributed by atoms with van der Waals surface area (Å²) in [6.07, 6.45) is 3.69. The maximum Gasteiger partial charge on any atom is 0.315 e. The number of aryl methyl sites for hydroxylation is 1. The molecule has 1 fully saturated rings. The number of hydrogen-bond donors (Lipinski definition) is 2. The Hall–Kier alpha value is -0.820. The van der Waals surface area contributed by atoms with Crippen LogP contribution in [0.15, 0.2) is 12.4 Å². The standard InChI is InChI=1S/C12H20N4OS2/c1-9(10-5-14-16(2)7-10)15-12(17)13-6-11-8-18-3-4-19-11/h5,7,9,11H,3-4,6,8H2,1-2H3,(H2,13,15,17)/t9-,11+/m1/s1. The molecule has 0 aromatic carbocycles. The summed E-state index contributed by atoms with van der Waals surface area (Å²) >= 11 is 3.91. The molecule has 7 heteroatoms. The van der Waals surface area contributed by atoms with Crippen molar-refractivity contribution in [2.75, 3.05) is 23.8 Å². The van der Waals surface area contributed by atoms with E-state index in [2.05, 4.69) is 15.7 Å². The molecule has 19 heavy (non-hydrogen) atoms. The van der Waals surface area contributed by atoms with Crippen LogP contribution in [0.5, 0.6) is 0 Å². The molecule has 2 atom stereocenters. The van der Waals surface area contributed by atoms with Gasteiger partial charge in [-0.2, -0.15) is 28.6 Å². The highest BCUT2D eigenvalue weighted by Crippen LogP contribution is 2.23. The van der Waals surface area contributed by atoms with Crippen LogP contribution in [-0.4, -0.2) is 44.9 Å². The van der Waals surface area contributed by atoms with Gasteiger partial charge >= 0.3 is 6.03 Å². The SMILES string of the molecule is C[C@@H](NC(=O)NC[C@H]1CSCCS1)c1cnn(C)c1. The van der Waals surface area contributed by atoms with Gasteiger partial charge in [-0.05, 0) is 6.92 Å². The van der Waals surface area contributed by atoms with Crippen molar-refractivity contribution in [3.8, 4) is 0 Å². The third-order valence-electron chi connectivity index (χ3n) is 2.95. The highest BCUT2D eigenvalue weighted by atomic mass is 32.2. The maximum absolute atomic E-state index is 11.8. The first-order chi connectivity index (χ1) is 9.15. The zero-order valence-electron chi connectivity index (χ0n) is 11.3. The van der Waals surface area contributed by atoms with Crippen molar-refractivity contribution in [1.82, 2.24) is 20.4 Å². The fourth-order valence-corrected chi connectivity index (χ4v) is 4.47. The van der Waals surface area contributed by atoms with Crippen LogP contribution in [0.25, 0.3) is 0 Å². The summed E-state index contributed by atoms with van der Waals surface area (Å²) in [5.74, 6) is 3.54. The number of hydrogen-bond acceptors (Lipinski definition) is 4. The van der Waals surface area contributed by atoms with Gasteiger partial charge in [0.05, 0.1) is 12.2 Å². The number of nitrogens with one attached hydrogen (secondary N) is 2. The van der Waals surface area contributed by atoms with Crippen LogP contribution >= 0.6 is 23.5 Å². The monoisotopic (exact) mass is 300 g/mol. The van der Waals surface area contributed by atoms with Crippen LogP contribution in [0, 0.1) is 0 Å². The smallest absolute Gasteiger partial charge is 0.315 e. The average molecular weight is 300 g/mol. The van der Waals surface area contributed by atoms with Crippen LogP contribution in [0.3, 0.4) is 0 Å². The maximum atomic E-state index is 11.8. The Labute approximate surface area is 122 Å². The third kappa shape index (κ3) is 4.65. The molecule has 0 spiro atoms. The second-order valence-electron chi connectivity index (χ2n) is 4.59. The lowest BCUT2D eigenvalue weighted by Crippen LogP contribution is -2.41. The van der Waals surface area contributed by atoms with Gasteiger partial charge in [0, 0.05) is 47.9 Å². The summed E-state index contributed by atoms with van der Waals surface area (Å²) in [5.41, 5.74) is 1.01. The highest BCUT2D eigenvalue weighted by Gasteiger charge is 2.16. The Bertz CT molecular complexity index is 418. The first kappa shape index (κ1) is 14.6. The number of nitrogens with zero attached hydrogens (tertiary/aromatic N) is 2. The van der Waals surface area contributed by atoms with E-state index < -0.39 is 0 Å². The van der Waals surface area contributed by atoms with Gasteiger partial charge < -0.3 is 10.6 Å². The van der Waals surface area contributed by atoms with Crippen molar-refractivity contribution >= 4 is 29.6 Å². The van der Waals surface area contributed by atoms with E-state index in [-0.39, 0.29) is 12.1 Å². The predicted octanol–water partition coefficient (Wildman–Crippen LogP) is 1.63. The van der Waals surface area contributed by atoms with Crippen LogP contribution < -0.4 is 10.6 Å². The van der Waals surface area contributed by atoms with Gasteiger partial charge in [0.1, 0.15) is 0 Å². The van der Waals surface area contributed by atoms with Gasteiger partial charge in [0.15, 0.2) is 0 Å². The van der Waals surface area contributed by atoms with Crippen LogP contribution in [0.4, 0.5) is 4.79 Å². The Morgan fingerprint density at radius 2 is 2.47 bits per heavy atom. The molecular formula is C12H20N4OS2. The summed E-state index contributed by atoms with van der Waals surface area (Å²) in [6, 6.07) is -0.130. The first-order valence-electron chi connectivity index (χ1n) is 6.37. The minimum absolute atomic E-state index is 0.0258. The molecule has 106 valence electrons. The summed E-state index contributed by atoms with van der Waals surface area (Å²) in [4.78, 5) is 11.8. The highest BCUT2D eigenvalue weighted by molar-refractivity contribution is 8.06. The molecule has 2 N–H and O–H groups in total. The summed E-state index contributed by atoms with van der Waals surface area (Å²) in [7, 11) is 1.87. The normalized spacial score (nSPS) is 20.8. The molecule has 0 radical (unpaired) electrons. The molecule has 5 nitrogen and oxygen atoms in total. The summed E-state index contributed by atoms with van der Waals surface area (Å²) < 4.78 is 1.74. The second-order valence-corrected chi connectivity index (χ2v) is 7.15. The molecule has 1 aromatic heterocycles. The number of aromatic nitrogens is 2. The van der Waals surface area contributed by atoms with Gasteiger partial charge in [0.25, 0.3) is 0 Å². The lowest BCUT2D eigenvalue weighted by Gasteiger charge is -2.21. The van der Waals surface area contributed by atoms with Crippen molar-refractivity contribution in [3.05, 3.63) is 18.0 Å². The summed E-state index contributed by atoms with van der Waals surface area (Å²) in [6.45, 7) is 2.70. The number of amides is 2. The van der Waals surface area contributed by atoms with Crippen molar-refractivity contribution in [3.63, 3.8) is 0 Å². The third-order valence-corrected chi connectivity index (χ3v) is 5.79. The molecule has 2 rings (SSSR count). The van der Waals surface area contributed by atoms with Gasteiger partial charge in [-0.1, -0.05) is 0 Å². The van der Waals surface area contributed by atoms with Crippen molar-refractivity contribution in [2.24, 2.45) is 7.05 Å². The Morgan fingerprint density at radius 1 is 1.63 bits per heavy atom. The molecule has 1 aliphatic rings. The van der Waals surface area contributed by atoms with E-state index >= 15 is 0 Å². The number of carbonyl (C=O) groups excluding carboxylic acids is 1. The van der Waals surface area contributed by atoms with Crippen LogP contribution in [-0.2, 0) is 7.05 Å². The molecular weight excluding hydrogens is 280 g/mol. The topological polar surface area (TPSA) is 59.0 Å². The van der Waals surface area contributed by atoms with Crippen LogP contribution in [0.1, 0.15) is 18.5 Å².